The molecule has 1 aromatic rings. The number of carbonyl (C=O) groups excluding carboxylic acids is 1. The lowest BCUT2D eigenvalue weighted by Crippen LogP contribution is -2.29. The SMILES string of the molecule is O=C(Cc1ccsc1)CC1CCNCC1. The van der Waals surface area contributed by atoms with Crippen LogP contribution in [0.2, 0.25) is 0 Å². The topological polar surface area (TPSA) is 29.1 Å². The van der Waals surface area contributed by atoms with Gasteiger partial charge in [0, 0.05) is 12.8 Å². The summed E-state index contributed by atoms with van der Waals surface area (Å²) in [6.45, 7) is 2.16. The van der Waals surface area contributed by atoms with Gasteiger partial charge in [-0.05, 0) is 54.2 Å². The highest BCUT2D eigenvalue weighted by Crippen LogP contribution is 2.18. The molecule has 2 rings (SSSR count). The summed E-state index contributed by atoms with van der Waals surface area (Å²) in [5, 5.41) is 7.43. The number of carbonyl (C=O) groups is 1. The van der Waals surface area contributed by atoms with Gasteiger partial charge in [-0.1, -0.05) is 0 Å². The lowest BCUT2D eigenvalue weighted by Gasteiger charge is -2.21. The van der Waals surface area contributed by atoms with Gasteiger partial charge >= 0.3 is 0 Å². The molecule has 1 N–H and O–H groups in total. The second kappa shape index (κ2) is 5.42. The number of ketones is 1. The van der Waals surface area contributed by atoms with Crippen molar-refractivity contribution < 1.29 is 4.79 Å². The van der Waals surface area contributed by atoms with Gasteiger partial charge in [0.2, 0.25) is 0 Å². The van der Waals surface area contributed by atoms with Gasteiger partial charge in [0.25, 0.3) is 0 Å². The van der Waals surface area contributed by atoms with E-state index in [1.807, 2.05) is 11.4 Å². The summed E-state index contributed by atoms with van der Waals surface area (Å²) in [4.78, 5) is 11.8. The van der Waals surface area contributed by atoms with Crippen LogP contribution in [0.3, 0.4) is 0 Å². The van der Waals surface area contributed by atoms with Crippen molar-refractivity contribution in [3.63, 3.8) is 0 Å². The van der Waals surface area contributed by atoms with E-state index in [0.29, 0.717) is 18.1 Å². The van der Waals surface area contributed by atoms with Crippen LogP contribution in [-0.4, -0.2) is 18.9 Å². The molecule has 0 aromatic carbocycles. The smallest absolute Gasteiger partial charge is 0.137 e. The van der Waals surface area contributed by atoms with Crippen molar-refractivity contribution in [3.8, 4) is 0 Å². The Morgan fingerprint density at radius 2 is 2.27 bits per heavy atom. The Balaban J connectivity index is 1.76. The van der Waals surface area contributed by atoms with Crippen LogP contribution >= 0.6 is 11.3 Å². The lowest BCUT2D eigenvalue weighted by atomic mass is 9.91. The average Bonchev–Trinajstić information content (AvgIpc) is 2.71. The molecule has 0 spiro atoms. The monoisotopic (exact) mass is 223 g/mol. The number of thiophene rings is 1. The third kappa shape index (κ3) is 3.43. The van der Waals surface area contributed by atoms with E-state index in [4.69, 9.17) is 0 Å². The molecular weight excluding hydrogens is 206 g/mol. The van der Waals surface area contributed by atoms with Gasteiger partial charge in [0.05, 0.1) is 0 Å². The van der Waals surface area contributed by atoms with E-state index in [2.05, 4.69) is 10.7 Å². The summed E-state index contributed by atoms with van der Waals surface area (Å²) in [6.07, 6.45) is 3.73. The van der Waals surface area contributed by atoms with Gasteiger partial charge in [-0.3, -0.25) is 4.79 Å². The quantitative estimate of drug-likeness (QED) is 0.848. The van der Waals surface area contributed by atoms with Crippen LogP contribution in [0.4, 0.5) is 0 Å². The molecule has 0 saturated carbocycles. The van der Waals surface area contributed by atoms with Crippen molar-refractivity contribution in [1.82, 2.24) is 5.32 Å². The fourth-order valence-electron chi connectivity index (χ4n) is 2.10. The maximum Gasteiger partial charge on any atom is 0.137 e. The van der Waals surface area contributed by atoms with Gasteiger partial charge in [-0.25, -0.2) is 0 Å². The second-order valence-corrected chi connectivity index (χ2v) is 5.02. The summed E-state index contributed by atoms with van der Waals surface area (Å²) in [5.41, 5.74) is 1.18. The summed E-state index contributed by atoms with van der Waals surface area (Å²) in [6, 6.07) is 2.05. The van der Waals surface area contributed by atoms with Crippen LogP contribution in [0.1, 0.15) is 24.8 Å². The lowest BCUT2D eigenvalue weighted by molar-refractivity contribution is -0.119. The Morgan fingerprint density at radius 3 is 2.93 bits per heavy atom. The van der Waals surface area contributed by atoms with Crippen molar-refractivity contribution in [2.24, 2.45) is 5.92 Å². The predicted octanol–water partition coefficient (Wildman–Crippen LogP) is 2.25. The van der Waals surface area contributed by atoms with E-state index < -0.39 is 0 Å². The summed E-state index contributed by atoms with van der Waals surface area (Å²) >= 11 is 1.67. The van der Waals surface area contributed by atoms with Crippen LogP contribution < -0.4 is 5.32 Å². The fourth-order valence-corrected chi connectivity index (χ4v) is 2.77. The van der Waals surface area contributed by atoms with Crippen molar-refractivity contribution >= 4 is 17.1 Å². The number of nitrogens with one attached hydrogen (secondary N) is 1. The first kappa shape index (κ1) is 10.8. The third-order valence-electron chi connectivity index (χ3n) is 2.96. The minimum atomic E-state index is 0.403. The van der Waals surface area contributed by atoms with E-state index in [1.165, 1.54) is 5.56 Å². The van der Waals surface area contributed by atoms with Crippen molar-refractivity contribution in [1.29, 1.82) is 0 Å². The first-order chi connectivity index (χ1) is 7.34. The number of hydrogen-bond donors (Lipinski definition) is 1. The second-order valence-electron chi connectivity index (χ2n) is 4.24. The van der Waals surface area contributed by atoms with Gasteiger partial charge in [0.15, 0.2) is 0 Å². The zero-order chi connectivity index (χ0) is 10.5. The summed E-state index contributed by atoms with van der Waals surface area (Å²) in [5.74, 6) is 1.03. The summed E-state index contributed by atoms with van der Waals surface area (Å²) in [7, 11) is 0. The zero-order valence-corrected chi connectivity index (χ0v) is 9.69. The molecule has 0 bridgehead atoms. The van der Waals surface area contributed by atoms with Gasteiger partial charge in [-0.2, -0.15) is 11.3 Å². The van der Waals surface area contributed by atoms with Crippen LogP contribution in [0.25, 0.3) is 0 Å². The average molecular weight is 223 g/mol. The van der Waals surface area contributed by atoms with E-state index in [9.17, 15) is 4.79 Å². The highest BCUT2D eigenvalue weighted by Gasteiger charge is 2.16. The third-order valence-corrected chi connectivity index (χ3v) is 3.69. The Morgan fingerprint density at radius 1 is 1.47 bits per heavy atom. The molecule has 1 fully saturated rings. The first-order valence-corrected chi connectivity index (χ1v) is 6.52. The Kier molecular flexibility index (Phi) is 3.92. The van der Waals surface area contributed by atoms with Crippen molar-refractivity contribution in [2.45, 2.75) is 25.7 Å². The Labute approximate surface area is 94.7 Å². The Hall–Kier alpha value is -0.670. The minimum Gasteiger partial charge on any atom is -0.317 e. The molecule has 0 atom stereocenters. The number of piperidine rings is 1. The normalized spacial score (nSPS) is 17.9. The minimum absolute atomic E-state index is 0.403. The molecule has 0 amide bonds. The van der Waals surface area contributed by atoms with Gasteiger partial charge in [-0.15, -0.1) is 0 Å². The maximum atomic E-state index is 11.8. The van der Waals surface area contributed by atoms with Crippen molar-refractivity contribution in [3.05, 3.63) is 22.4 Å². The number of hydrogen-bond acceptors (Lipinski definition) is 3. The molecular formula is C12H17NOS. The molecule has 2 nitrogen and oxygen atoms in total. The summed E-state index contributed by atoms with van der Waals surface area (Å²) < 4.78 is 0. The number of rotatable bonds is 4. The van der Waals surface area contributed by atoms with Crippen LogP contribution in [-0.2, 0) is 11.2 Å². The van der Waals surface area contributed by atoms with Crippen LogP contribution in [0, 0.1) is 5.92 Å². The standard InChI is InChI=1S/C12H17NOS/c14-12(8-11-3-6-15-9-11)7-10-1-4-13-5-2-10/h3,6,9-10,13H,1-2,4-5,7-8H2. The van der Waals surface area contributed by atoms with E-state index in [0.717, 1.165) is 32.4 Å². The van der Waals surface area contributed by atoms with E-state index >= 15 is 0 Å². The maximum absolute atomic E-state index is 11.8. The highest BCUT2D eigenvalue weighted by atomic mass is 32.1. The Bertz CT molecular complexity index is 301. The molecule has 1 aliphatic rings. The highest BCUT2D eigenvalue weighted by molar-refractivity contribution is 7.07. The molecule has 1 saturated heterocycles. The van der Waals surface area contributed by atoms with Gasteiger partial charge in [0.1, 0.15) is 5.78 Å². The van der Waals surface area contributed by atoms with Crippen molar-refractivity contribution in [2.75, 3.05) is 13.1 Å². The zero-order valence-electron chi connectivity index (χ0n) is 8.87. The van der Waals surface area contributed by atoms with Crippen LogP contribution in [0.5, 0.6) is 0 Å². The largest absolute Gasteiger partial charge is 0.317 e. The molecule has 1 aliphatic heterocycles. The molecule has 0 unspecified atom stereocenters. The molecule has 82 valence electrons. The predicted molar refractivity (Wildman–Crippen MR) is 63.2 cm³/mol. The molecule has 3 heteroatoms. The van der Waals surface area contributed by atoms with E-state index in [-0.39, 0.29) is 0 Å². The molecule has 15 heavy (non-hydrogen) atoms. The molecule has 0 radical (unpaired) electrons. The first-order valence-electron chi connectivity index (χ1n) is 5.58. The van der Waals surface area contributed by atoms with Gasteiger partial charge < -0.3 is 5.32 Å². The fraction of sp³-hybridized carbons (Fsp3) is 0.583. The molecule has 2 heterocycles. The molecule has 1 aromatic heterocycles. The number of Topliss-reactive ketones (excluding diaryl/α,β-unsaturated/α-hetero) is 1. The van der Waals surface area contributed by atoms with Crippen LogP contribution in [0.15, 0.2) is 16.8 Å². The molecule has 0 aliphatic carbocycles. The van der Waals surface area contributed by atoms with E-state index in [1.54, 1.807) is 11.3 Å².